The van der Waals surface area contributed by atoms with Crippen LogP contribution in [0, 0.1) is 5.92 Å². The van der Waals surface area contributed by atoms with Crippen molar-refractivity contribution in [2.24, 2.45) is 5.92 Å². The van der Waals surface area contributed by atoms with Gasteiger partial charge in [0.2, 0.25) is 15.9 Å². The van der Waals surface area contributed by atoms with Crippen LogP contribution in [0.4, 0.5) is 5.69 Å². The molecule has 2 aliphatic rings. The van der Waals surface area contributed by atoms with E-state index in [-0.39, 0.29) is 17.6 Å². The zero-order valence-corrected chi connectivity index (χ0v) is 15.1. The van der Waals surface area contributed by atoms with Crippen molar-refractivity contribution in [2.45, 2.75) is 39.0 Å². The molecule has 1 fully saturated rings. The van der Waals surface area contributed by atoms with Crippen molar-refractivity contribution in [1.82, 2.24) is 4.31 Å². The average Bonchev–Trinajstić information content (AvgIpc) is 3.03. The van der Waals surface area contributed by atoms with Crippen LogP contribution in [0.1, 0.15) is 38.2 Å². The second kappa shape index (κ2) is 7.23. The predicted octanol–water partition coefficient (Wildman–Crippen LogP) is 2.42. The lowest BCUT2D eigenvalue weighted by Gasteiger charge is -2.33. The Morgan fingerprint density at radius 2 is 2.04 bits per heavy atom. The average molecular weight is 350 g/mol. The van der Waals surface area contributed by atoms with Gasteiger partial charge in [-0.2, -0.15) is 0 Å². The van der Waals surface area contributed by atoms with Crippen molar-refractivity contribution in [1.29, 1.82) is 0 Å². The zero-order valence-electron chi connectivity index (χ0n) is 14.3. The van der Waals surface area contributed by atoms with E-state index in [1.807, 2.05) is 30.0 Å². The summed E-state index contributed by atoms with van der Waals surface area (Å²) in [6.07, 6.45) is 3.96. The number of benzene rings is 1. The van der Waals surface area contributed by atoms with Gasteiger partial charge in [-0.3, -0.25) is 4.79 Å². The maximum atomic E-state index is 13.0. The molecule has 1 aromatic rings. The van der Waals surface area contributed by atoms with Crippen LogP contribution in [0.3, 0.4) is 0 Å². The maximum Gasteiger partial charge on any atom is 0.231 e. The first kappa shape index (κ1) is 17.4. The van der Waals surface area contributed by atoms with Gasteiger partial charge >= 0.3 is 0 Å². The van der Waals surface area contributed by atoms with Crippen molar-refractivity contribution < 1.29 is 13.2 Å². The lowest BCUT2D eigenvalue weighted by molar-refractivity contribution is -0.123. The summed E-state index contributed by atoms with van der Waals surface area (Å²) in [6, 6.07) is 7.99. The highest BCUT2D eigenvalue weighted by Gasteiger charge is 2.36. The van der Waals surface area contributed by atoms with E-state index in [4.69, 9.17) is 0 Å². The van der Waals surface area contributed by atoms with Gasteiger partial charge in [0.1, 0.15) is 0 Å². The number of fused-ring (bicyclic) bond motifs is 1. The van der Waals surface area contributed by atoms with E-state index in [1.165, 1.54) is 9.87 Å². The molecular formula is C18H26N2O3S. The minimum Gasteiger partial charge on any atom is -0.312 e. The number of carbonyl (C=O) groups is 1. The number of hydrogen-bond donors (Lipinski definition) is 0. The molecule has 132 valence electrons. The summed E-state index contributed by atoms with van der Waals surface area (Å²) in [5.41, 5.74) is 2.20. The van der Waals surface area contributed by atoms with Crippen molar-refractivity contribution >= 4 is 21.6 Å². The van der Waals surface area contributed by atoms with Crippen molar-refractivity contribution in [3.05, 3.63) is 29.8 Å². The van der Waals surface area contributed by atoms with Gasteiger partial charge < -0.3 is 4.90 Å². The predicted molar refractivity (Wildman–Crippen MR) is 95.5 cm³/mol. The molecule has 0 N–H and O–H groups in total. The number of piperidine rings is 1. The molecule has 1 aromatic carbocycles. The third-order valence-corrected chi connectivity index (χ3v) is 6.96. The van der Waals surface area contributed by atoms with Gasteiger partial charge in [-0.15, -0.1) is 0 Å². The zero-order chi connectivity index (χ0) is 17.2. The number of para-hydroxylation sites is 1. The first-order valence-corrected chi connectivity index (χ1v) is 10.5. The Morgan fingerprint density at radius 1 is 1.25 bits per heavy atom. The number of sulfonamides is 1. The molecule has 1 atom stereocenters. The molecule has 1 unspecified atom stereocenters. The number of hydrogen-bond acceptors (Lipinski definition) is 3. The van der Waals surface area contributed by atoms with Gasteiger partial charge in [-0.1, -0.05) is 31.5 Å². The highest BCUT2D eigenvalue weighted by atomic mass is 32.2. The summed E-state index contributed by atoms with van der Waals surface area (Å²) < 4.78 is 26.4. The van der Waals surface area contributed by atoms with Gasteiger partial charge in [-0.05, 0) is 37.3 Å². The Hall–Kier alpha value is -1.40. The number of carbonyl (C=O) groups excluding carboxylic acids is 1. The molecular weight excluding hydrogens is 324 g/mol. The second-order valence-electron chi connectivity index (χ2n) is 6.74. The fourth-order valence-corrected chi connectivity index (χ4v) is 5.37. The number of unbranched alkanes of at least 4 members (excludes halogenated alkanes) is 1. The Morgan fingerprint density at radius 3 is 2.83 bits per heavy atom. The molecule has 0 aliphatic carbocycles. The Kier molecular flexibility index (Phi) is 5.25. The molecule has 0 aromatic heterocycles. The molecule has 5 nitrogen and oxygen atoms in total. The number of nitrogens with zero attached hydrogens (tertiary/aromatic N) is 2. The molecule has 1 amide bonds. The largest absolute Gasteiger partial charge is 0.312 e. The highest BCUT2D eigenvalue weighted by Crippen LogP contribution is 2.31. The quantitative estimate of drug-likeness (QED) is 0.819. The minimum atomic E-state index is -3.23. The van der Waals surface area contributed by atoms with E-state index in [0.29, 0.717) is 26.1 Å². The van der Waals surface area contributed by atoms with Crippen molar-refractivity contribution in [2.75, 3.05) is 30.3 Å². The van der Waals surface area contributed by atoms with Crippen LogP contribution in [0.25, 0.3) is 0 Å². The van der Waals surface area contributed by atoms with E-state index in [2.05, 4.69) is 6.07 Å². The van der Waals surface area contributed by atoms with E-state index in [9.17, 15) is 13.2 Å². The van der Waals surface area contributed by atoms with Gasteiger partial charge in [0.25, 0.3) is 0 Å². The summed E-state index contributed by atoms with van der Waals surface area (Å²) in [7, 11) is -3.23. The summed E-state index contributed by atoms with van der Waals surface area (Å²) >= 11 is 0. The lowest BCUT2D eigenvalue weighted by atomic mass is 9.98. The van der Waals surface area contributed by atoms with Gasteiger partial charge in [-0.25, -0.2) is 12.7 Å². The van der Waals surface area contributed by atoms with Gasteiger partial charge in [0.05, 0.1) is 11.7 Å². The number of anilines is 1. The van der Waals surface area contributed by atoms with Gasteiger partial charge in [0, 0.05) is 25.3 Å². The van der Waals surface area contributed by atoms with Crippen molar-refractivity contribution in [3.63, 3.8) is 0 Å². The summed E-state index contributed by atoms with van der Waals surface area (Å²) in [4.78, 5) is 14.8. The van der Waals surface area contributed by atoms with Gasteiger partial charge in [0.15, 0.2) is 0 Å². The lowest BCUT2D eigenvalue weighted by Crippen LogP contribution is -2.47. The Labute approximate surface area is 144 Å². The summed E-state index contributed by atoms with van der Waals surface area (Å²) in [5, 5.41) is 0. The van der Waals surface area contributed by atoms with Crippen LogP contribution >= 0.6 is 0 Å². The minimum absolute atomic E-state index is 0.0790. The smallest absolute Gasteiger partial charge is 0.231 e. The summed E-state index contributed by atoms with van der Waals surface area (Å²) in [6.45, 7) is 3.58. The SMILES string of the molecule is CCCCS(=O)(=O)N1CCCC(C(=O)N2CCc3ccccc32)C1. The first-order valence-electron chi connectivity index (χ1n) is 8.90. The molecule has 0 bridgehead atoms. The Bertz CT molecular complexity index is 702. The van der Waals surface area contributed by atoms with Crippen LogP contribution in [-0.4, -0.2) is 44.0 Å². The van der Waals surface area contributed by atoms with Crippen LogP contribution in [-0.2, 0) is 21.2 Å². The third kappa shape index (κ3) is 3.49. The first-order chi connectivity index (χ1) is 11.5. The van der Waals surface area contributed by atoms with E-state index in [0.717, 1.165) is 31.4 Å². The third-order valence-electron chi connectivity index (χ3n) is 5.04. The fraction of sp³-hybridized carbons (Fsp3) is 0.611. The van der Waals surface area contributed by atoms with Crippen molar-refractivity contribution in [3.8, 4) is 0 Å². The summed E-state index contributed by atoms with van der Waals surface area (Å²) in [5.74, 6) is 0.0494. The fourth-order valence-electron chi connectivity index (χ4n) is 3.64. The van der Waals surface area contributed by atoms with Crippen LogP contribution in [0.5, 0.6) is 0 Å². The standard InChI is InChI=1S/C18H26N2O3S/c1-2-3-13-24(22,23)19-11-6-8-16(14-19)18(21)20-12-10-15-7-4-5-9-17(15)20/h4-5,7,9,16H,2-3,6,8,10-14H2,1H3. The van der Waals surface area contributed by atoms with Crippen LogP contribution < -0.4 is 4.90 Å². The van der Waals surface area contributed by atoms with E-state index >= 15 is 0 Å². The Balaban J connectivity index is 1.70. The molecule has 2 aliphatic heterocycles. The second-order valence-corrected chi connectivity index (χ2v) is 8.82. The molecule has 0 saturated carbocycles. The van der Waals surface area contributed by atoms with E-state index < -0.39 is 10.0 Å². The monoisotopic (exact) mass is 350 g/mol. The number of rotatable bonds is 5. The number of amides is 1. The highest BCUT2D eigenvalue weighted by molar-refractivity contribution is 7.89. The molecule has 0 radical (unpaired) electrons. The maximum absolute atomic E-state index is 13.0. The van der Waals surface area contributed by atoms with E-state index in [1.54, 1.807) is 0 Å². The topological polar surface area (TPSA) is 57.7 Å². The molecule has 24 heavy (non-hydrogen) atoms. The molecule has 1 saturated heterocycles. The molecule has 2 heterocycles. The van der Waals surface area contributed by atoms with Crippen LogP contribution in [0.15, 0.2) is 24.3 Å². The normalized spacial score (nSPS) is 21.7. The van der Waals surface area contributed by atoms with Crippen LogP contribution in [0.2, 0.25) is 0 Å². The molecule has 6 heteroatoms. The molecule has 3 rings (SSSR count). The molecule has 0 spiro atoms.